The number of amides is 1. The summed E-state index contributed by atoms with van der Waals surface area (Å²) in [6, 6.07) is 23.9. The van der Waals surface area contributed by atoms with Crippen LogP contribution >= 0.6 is 23.4 Å². The predicted molar refractivity (Wildman–Crippen MR) is 146 cm³/mol. The minimum atomic E-state index is -0.718. The molecule has 1 amide bonds. The number of benzene rings is 3. The highest BCUT2D eigenvalue weighted by molar-refractivity contribution is 8.03. The Balaban J connectivity index is 1.58. The van der Waals surface area contributed by atoms with Crippen LogP contribution in [0, 0.1) is 17.1 Å². The van der Waals surface area contributed by atoms with Gasteiger partial charge in [0.15, 0.2) is 0 Å². The van der Waals surface area contributed by atoms with E-state index in [1.54, 1.807) is 31.2 Å². The minimum absolute atomic E-state index is 0.0146. The molecule has 38 heavy (non-hydrogen) atoms. The summed E-state index contributed by atoms with van der Waals surface area (Å²) in [6.45, 7) is 1.82. The summed E-state index contributed by atoms with van der Waals surface area (Å²) in [5.41, 5.74) is 3.09. The van der Waals surface area contributed by atoms with Crippen LogP contribution in [0.4, 0.5) is 10.1 Å². The average Bonchev–Trinajstić information content (AvgIpc) is 2.92. The summed E-state index contributed by atoms with van der Waals surface area (Å²) in [7, 11) is 0. The van der Waals surface area contributed by atoms with Crippen LogP contribution < -0.4 is 10.6 Å². The van der Waals surface area contributed by atoms with Gasteiger partial charge in [0.2, 0.25) is 5.91 Å². The number of anilines is 1. The molecule has 0 spiro atoms. The van der Waals surface area contributed by atoms with Crippen molar-refractivity contribution >= 4 is 40.9 Å². The number of carbonyl (C=O) groups excluding carboxylic acids is 2. The zero-order valence-electron chi connectivity index (χ0n) is 20.3. The van der Waals surface area contributed by atoms with Crippen LogP contribution in [0.3, 0.4) is 0 Å². The first-order valence-electron chi connectivity index (χ1n) is 11.6. The van der Waals surface area contributed by atoms with Crippen molar-refractivity contribution in [2.45, 2.75) is 19.4 Å². The lowest BCUT2D eigenvalue weighted by Gasteiger charge is -2.29. The fraction of sp³-hybridized carbons (Fsp3) is 0.138. The van der Waals surface area contributed by atoms with Gasteiger partial charge in [-0.15, -0.1) is 0 Å². The molecule has 4 rings (SSSR count). The van der Waals surface area contributed by atoms with Crippen molar-refractivity contribution in [1.82, 2.24) is 5.32 Å². The summed E-state index contributed by atoms with van der Waals surface area (Å²) in [5.74, 6) is -2.01. The van der Waals surface area contributed by atoms with Gasteiger partial charge in [0.05, 0.1) is 33.9 Å². The molecule has 0 saturated carbocycles. The second kappa shape index (κ2) is 12.5. The number of halogens is 2. The molecule has 0 aromatic heterocycles. The molecule has 0 saturated heterocycles. The number of hydrogen-bond acceptors (Lipinski definition) is 6. The molecule has 0 radical (unpaired) electrons. The van der Waals surface area contributed by atoms with Crippen LogP contribution in [0.5, 0.6) is 0 Å². The Kier molecular flexibility index (Phi) is 8.85. The van der Waals surface area contributed by atoms with Crippen LogP contribution in [-0.4, -0.2) is 17.6 Å². The highest BCUT2D eigenvalue weighted by Gasteiger charge is 2.35. The Morgan fingerprint density at radius 2 is 1.76 bits per heavy atom. The minimum Gasteiger partial charge on any atom is -0.457 e. The first-order chi connectivity index (χ1) is 18.4. The van der Waals surface area contributed by atoms with E-state index >= 15 is 0 Å². The van der Waals surface area contributed by atoms with E-state index in [1.165, 1.54) is 24.3 Å². The molecule has 192 valence electrons. The van der Waals surface area contributed by atoms with Gasteiger partial charge >= 0.3 is 5.97 Å². The molecule has 2 N–H and O–H groups in total. The van der Waals surface area contributed by atoms with E-state index in [0.717, 1.165) is 17.3 Å². The Bertz CT molecular complexity index is 1430. The van der Waals surface area contributed by atoms with E-state index in [9.17, 15) is 19.2 Å². The van der Waals surface area contributed by atoms with Gasteiger partial charge in [-0.25, -0.2) is 9.18 Å². The molecule has 3 aromatic carbocycles. The molecular formula is C29H23ClFN3O3S. The molecule has 1 atom stereocenters. The fourth-order valence-electron chi connectivity index (χ4n) is 3.95. The second-order valence-electron chi connectivity index (χ2n) is 8.41. The van der Waals surface area contributed by atoms with E-state index in [4.69, 9.17) is 16.3 Å². The standard InChI is InChI=1S/C29H23ClFN3O3S/c1-18-26(29(36)37-16-19-5-3-2-4-6-19)27(20-7-9-21(30)10-8-20)24(15-32)28(33-18)38-17-25(35)34-23-13-11-22(31)12-14-23/h2-14,27,33H,16-17H2,1H3,(H,34,35)/t27-/m0/s1. The molecule has 9 heteroatoms. The van der Waals surface area contributed by atoms with Crippen LogP contribution in [0.25, 0.3) is 0 Å². The van der Waals surface area contributed by atoms with Crippen molar-refractivity contribution in [2.75, 3.05) is 11.1 Å². The predicted octanol–water partition coefficient (Wildman–Crippen LogP) is 6.29. The topological polar surface area (TPSA) is 91.2 Å². The number of hydrogen-bond donors (Lipinski definition) is 2. The maximum Gasteiger partial charge on any atom is 0.337 e. The zero-order valence-corrected chi connectivity index (χ0v) is 21.9. The molecule has 0 bridgehead atoms. The third-order valence-corrected chi connectivity index (χ3v) is 7.03. The lowest BCUT2D eigenvalue weighted by Crippen LogP contribution is -2.29. The van der Waals surface area contributed by atoms with Gasteiger partial charge in [-0.3, -0.25) is 4.79 Å². The lowest BCUT2D eigenvalue weighted by molar-refractivity contribution is -0.140. The first kappa shape index (κ1) is 27.0. The molecule has 6 nitrogen and oxygen atoms in total. The molecule has 0 unspecified atom stereocenters. The third kappa shape index (κ3) is 6.62. The Morgan fingerprint density at radius 3 is 2.42 bits per heavy atom. The van der Waals surface area contributed by atoms with Crippen LogP contribution in [0.15, 0.2) is 101 Å². The molecule has 0 aliphatic carbocycles. The highest BCUT2D eigenvalue weighted by Crippen LogP contribution is 2.41. The van der Waals surface area contributed by atoms with Crippen LogP contribution in [0.2, 0.25) is 5.02 Å². The Morgan fingerprint density at radius 1 is 1.08 bits per heavy atom. The number of nitrogens with one attached hydrogen (secondary N) is 2. The van der Waals surface area contributed by atoms with E-state index in [2.05, 4.69) is 16.7 Å². The molecular weight excluding hydrogens is 525 g/mol. The normalized spacial score (nSPS) is 14.9. The van der Waals surface area contributed by atoms with E-state index in [0.29, 0.717) is 32.6 Å². The van der Waals surface area contributed by atoms with Gasteiger partial charge in [-0.2, -0.15) is 5.26 Å². The number of carbonyl (C=O) groups is 2. The van der Waals surface area contributed by atoms with Crippen molar-refractivity contribution in [1.29, 1.82) is 5.26 Å². The molecule has 0 fully saturated rings. The number of ether oxygens (including phenoxy) is 1. The fourth-order valence-corrected chi connectivity index (χ4v) is 4.97. The maximum atomic E-state index is 13.3. The van der Waals surface area contributed by atoms with Gasteiger partial charge in [-0.1, -0.05) is 65.8 Å². The van der Waals surface area contributed by atoms with Gasteiger partial charge in [-0.05, 0) is 54.4 Å². The third-order valence-electron chi connectivity index (χ3n) is 5.76. The van der Waals surface area contributed by atoms with E-state index < -0.39 is 17.7 Å². The van der Waals surface area contributed by atoms with E-state index in [1.807, 2.05) is 30.3 Å². The summed E-state index contributed by atoms with van der Waals surface area (Å²) in [5, 5.41) is 17.0. The van der Waals surface area contributed by atoms with Crippen molar-refractivity contribution < 1.29 is 18.7 Å². The van der Waals surface area contributed by atoms with Gasteiger partial charge < -0.3 is 15.4 Å². The largest absolute Gasteiger partial charge is 0.457 e. The molecule has 1 aliphatic rings. The molecule has 1 heterocycles. The summed E-state index contributed by atoms with van der Waals surface area (Å²) in [6.07, 6.45) is 0. The SMILES string of the molecule is CC1=C(C(=O)OCc2ccccc2)[C@@H](c2ccc(Cl)cc2)C(C#N)=C(SCC(=O)Nc2ccc(F)cc2)N1. The molecule has 1 aliphatic heterocycles. The number of nitriles is 1. The highest BCUT2D eigenvalue weighted by atomic mass is 35.5. The van der Waals surface area contributed by atoms with Crippen molar-refractivity contribution in [3.05, 3.63) is 123 Å². The maximum absolute atomic E-state index is 13.3. The smallest absolute Gasteiger partial charge is 0.337 e. The van der Waals surface area contributed by atoms with Crippen molar-refractivity contribution in [3.8, 4) is 6.07 Å². The number of rotatable bonds is 8. The Labute approximate surface area is 229 Å². The zero-order chi connectivity index (χ0) is 27.1. The summed E-state index contributed by atoms with van der Waals surface area (Å²) < 4.78 is 18.8. The Hall–Kier alpha value is -4.06. The van der Waals surface area contributed by atoms with Crippen LogP contribution in [-0.2, 0) is 20.9 Å². The average molecular weight is 548 g/mol. The van der Waals surface area contributed by atoms with Gasteiger partial charge in [0.1, 0.15) is 12.4 Å². The number of nitrogens with zero attached hydrogens (tertiary/aromatic N) is 1. The monoisotopic (exact) mass is 547 g/mol. The number of thioether (sulfide) groups is 1. The summed E-state index contributed by atoms with van der Waals surface area (Å²) in [4.78, 5) is 25.9. The van der Waals surface area contributed by atoms with Crippen LogP contribution in [0.1, 0.15) is 24.0 Å². The number of allylic oxidation sites excluding steroid dienone is 2. The quantitative estimate of drug-likeness (QED) is 0.322. The second-order valence-corrected chi connectivity index (χ2v) is 9.83. The number of dihydropyridines is 1. The lowest BCUT2D eigenvalue weighted by atomic mass is 9.82. The molecule has 3 aromatic rings. The van der Waals surface area contributed by atoms with E-state index in [-0.39, 0.29) is 23.8 Å². The van der Waals surface area contributed by atoms with Gasteiger partial charge in [0.25, 0.3) is 0 Å². The summed E-state index contributed by atoms with van der Waals surface area (Å²) >= 11 is 7.23. The number of esters is 1. The van der Waals surface area contributed by atoms with Crippen molar-refractivity contribution in [3.63, 3.8) is 0 Å². The van der Waals surface area contributed by atoms with Gasteiger partial charge in [0, 0.05) is 16.4 Å². The van der Waals surface area contributed by atoms with Crippen molar-refractivity contribution in [2.24, 2.45) is 0 Å². The first-order valence-corrected chi connectivity index (χ1v) is 13.0.